The number of nitrogens with one attached hydrogen (secondary N) is 2. The van der Waals surface area contributed by atoms with Crippen LogP contribution in [0, 0.1) is 12.8 Å². The van der Waals surface area contributed by atoms with Crippen molar-refractivity contribution < 1.29 is 13.2 Å². The molecule has 0 bridgehead atoms. The SMILES string of the molecule is CCOc1ccc(S(=O)(=O)NCC2CCNC2)cc1C. The Bertz CT molecular complexity index is 552. The zero-order valence-corrected chi connectivity index (χ0v) is 12.8. The predicted octanol–water partition coefficient (Wildman–Crippen LogP) is 1.28. The van der Waals surface area contributed by atoms with Gasteiger partial charge in [-0.3, -0.25) is 0 Å². The molecule has 20 heavy (non-hydrogen) atoms. The summed E-state index contributed by atoms with van der Waals surface area (Å²) in [5.41, 5.74) is 0.831. The number of benzene rings is 1. The minimum atomic E-state index is -3.44. The number of rotatable bonds is 6. The van der Waals surface area contributed by atoms with Crippen molar-refractivity contribution in [2.75, 3.05) is 26.2 Å². The van der Waals surface area contributed by atoms with Crippen LogP contribution in [0.3, 0.4) is 0 Å². The van der Waals surface area contributed by atoms with Gasteiger partial charge in [-0.25, -0.2) is 13.1 Å². The van der Waals surface area contributed by atoms with Crippen molar-refractivity contribution in [3.05, 3.63) is 23.8 Å². The van der Waals surface area contributed by atoms with E-state index in [-0.39, 0.29) is 0 Å². The number of hydrogen-bond acceptors (Lipinski definition) is 4. The summed E-state index contributed by atoms with van der Waals surface area (Å²) in [6.45, 7) is 6.66. The van der Waals surface area contributed by atoms with Gasteiger partial charge in [0.2, 0.25) is 10.0 Å². The van der Waals surface area contributed by atoms with Gasteiger partial charge in [-0.05, 0) is 63.0 Å². The predicted molar refractivity (Wildman–Crippen MR) is 78.5 cm³/mol. The molecule has 1 aromatic carbocycles. The van der Waals surface area contributed by atoms with E-state index in [4.69, 9.17) is 4.74 Å². The van der Waals surface area contributed by atoms with Crippen molar-refractivity contribution in [3.63, 3.8) is 0 Å². The zero-order chi connectivity index (χ0) is 14.6. The molecule has 1 aliphatic rings. The van der Waals surface area contributed by atoms with Crippen molar-refractivity contribution >= 4 is 10.0 Å². The molecule has 1 heterocycles. The van der Waals surface area contributed by atoms with Gasteiger partial charge in [-0.1, -0.05) is 0 Å². The second-order valence-corrected chi connectivity index (χ2v) is 6.84. The molecule has 0 aromatic heterocycles. The molecule has 0 radical (unpaired) electrons. The first-order chi connectivity index (χ1) is 9.53. The van der Waals surface area contributed by atoms with Crippen LogP contribution in [-0.2, 0) is 10.0 Å². The maximum absolute atomic E-state index is 12.2. The van der Waals surface area contributed by atoms with Crippen LogP contribution in [0.5, 0.6) is 5.75 Å². The molecule has 1 atom stereocenters. The first-order valence-electron chi connectivity index (χ1n) is 6.96. The largest absolute Gasteiger partial charge is 0.494 e. The third-order valence-electron chi connectivity index (χ3n) is 3.48. The van der Waals surface area contributed by atoms with Gasteiger partial charge in [-0.15, -0.1) is 0 Å². The van der Waals surface area contributed by atoms with Gasteiger partial charge in [0.1, 0.15) is 5.75 Å². The monoisotopic (exact) mass is 298 g/mol. The Kier molecular flexibility index (Phi) is 5.01. The molecule has 2 N–H and O–H groups in total. The van der Waals surface area contributed by atoms with Gasteiger partial charge in [0, 0.05) is 6.54 Å². The van der Waals surface area contributed by atoms with Gasteiger partial charge in [-0.2, -0.15) is 0 Å². The van der Waals surface area contributed by atoms with Crippen molar-refractivity contribution in [2.24, 2.45) is 5.92 Å². The van der Waals surface area contributed by atoms with Crippen molar-refractivity contribution in [1.82, 2.24) is 10.0 Å². The number of sulfonamides is 1. The summed E-state index contributed by atoms with van der Waals surface area (Å²) in [7, 11) is -3.44. The lowest BCUT2D eigenvalue weighted by Gasteiger charge is -2.12. The smallest absolute Gasteiger partial charge is 0.240 e. The first kappa shape index (κ1) is 15.3. The van der Waals surface area contributed by atoms with Crippen molar-refractivity contribution in [2.45, 2.75) is 25.2 Å². The van der Waals surface area contributed by atoms with Crippen molar-refractivity contribution in [3.8, 4) is 5.75 Å². The second kappa shape index (κ2) is 6.56. The lowest BCUT2D eigenvalue weighted by molar-refractivity contribution is 0.337. The molecule has 112 valence electrons. The Morgan fingerprint density at radius 2 is 2.25 bits per heavy atom. The molecule has 0 amide bonds. The van der Waals surface area contributed by atoms with Crippen LogP contribution in [0.15, 0.2) is 23.1 Å². The molecule has 0 aliphatic carbocycles. The van der Waals surface area contributed by atoms with E-state index in [1.807, 2.05) is 13.8 Å². The Hall–Kier alpha value is -1.11. The first-order valence-corrected chi connectivity index (χ1v) is 8.45. The molecule has 1 saturated heterocycles. The van der Waals surface area contributed by atoms with E-state index in [2.05, 4.69) is 10.0 Å². The van der Waals surface area contributed by atoms with Gasteiger partial charge < -0.3 is 10.1 Å². The zero-order valence-electron chi connectivity index (χ0n) is 12.0. The summed E-state index contributed by atoms with van der Waals surface area (Å²) in [6, 6.07) is 4.96. The highest BCUT2D eigenvalue weighted by Gasteiger charge is 2.20. The quantitative estimate of drug-likeness (QED) is 0.830. The fourth-order valence-electron chi connectivity index (χ4n) is 2.31. The normalized spacial score (nSPS) is 19.2. The van der Waals surface area contributed by atoms with Crippen LogP contribution in [0.25, 0.3) is 0 Å². The number of hydrogen-bond donors (Lipinski definition) is 2. The maximum atomic E-state index is 12.2. The molecule has 1 aliphatic heterocycles. The molecule has 2 rings (SSSR count). The van der Waals surface area contributed by atoms with Crippen LogP contribution >= 0.6 is 0 Å². The minimum Gasteiger partial charge on any atom is -0.494 e. The summed E-state index contributed by atoms with van der Waals surface area (Å²) in [4.78, 5) is 0.296. The van der Waals surface area contributed by atoms with E-state index in [1.54, 1.807) is 18.2 Å². The lowest BCUT2D eigenvalue weighted by Crippen LogP contribution is -2.30. The molecule has 0 spiro atoms. The lowest BCUT2D eigenvalue weighted by atomic mass is 10.1. The fraction of sp³-hybridized carbons (Fsp3) is 0.571. The van der Waals surface area contributed by atoms with Gasteiger partial charge in [0.15, 0.2) is 0 Å². The van der Waals surface area contributed by atoms with E-state index >= 15 is 0 Å². The maximum Gasteiger partial charge on any atom is 0.240 e. The third-order valence-corrected chi connectivity index (χ3v) is 4.90. The number of aryl methyl sites for hydroxylation is 1. The standard InChI is InChI=1S/C14H22N2O3S/c1-3-19-14-5-4-13(8-11(14)2)20(17,18)16-10-12-6-7-15-9-12/h4-5,8,12,15-16H,3,6-7,9-10H2,1-2H3. The topological polar surface area (TPSA) is 67.4 Å². The second-order valence-electron chi connectivity index (χ2n) is 5.07. The number of ether oxygens (including phenoxy) is 1. The highest BCUT2D eigenvalue weighted by molar-refractivity contribution is 7.89. The Balaban J connectivity index is 2.06. The van der Waals surface area contributed by atoms with Crippen molar-refractivity contribution in [1.29, 1.82) is 0 Å². The Morgan fingerprint density at radius 1 is 1.45 bits per heavy atom. The molecule has 1 aromatic rings. The summed E-state index contributed by atoms with van der Waals surface area (Å²) < 4.78 is 32.6. The van der Waals surface area contributed by atoms with Crippen LogP contribution in [-0.4, -0.2) is 34.7 Å². The molecule has 5 nitrogen and oxygen atoms in total. The molecule has 6 heteroatoms. The summed E-state index contributed by atoms with van der Waals surface area (Å²) in [5.74, 6) is 1.11. The van der Waals surface area contributed by atoms with E-state index < -0.39 is 10.0 Å². The highest BCUT2D eigenvalue weighted by atomic mass is 32.2. The summed E-state index contributed by atoms with van der Waals surface area (Å²) in [6.07, 6.45) is 1.02. The summed E-state index contributed by atoms with van der Waals surface area (Å²) in [5, 5.41) is 3.23. The van der Waals surface area contributed by atoms with Gasteiger partial charge >= 0.3 is 0 Å². The van der Waals surface area contributed by atoms with Gasteiger partial charge in [0.25, 0.3) is 0 Å². The van der Waals surface area contributed by atoms with E-state index in [1.165, 1.54) is 0 Å². The molecule has 1 fully saturated rings. The Morgan fingerprint density at radius 3 is 2.85 bits per heavy atom. The third kappa shape index (κ3) is 3.71. The highest BCUT2D eigenvalue weighted by Crippen LogP contribution is 2.22. The van der Waals surface area contributed by atoms with Crippen LogP contribution in [0.1, 0.15) is 18.9 Å². The molecular formula is C14H22N2O3S. The molecule has 0 saturated carbocycles. The average molecular weight is 298 g/mol. The van der Waals surface area contributed by atoms with Crippen LogP contribution < -0.4 is 14.8 Å². The average Bonchev–Trinajstić information content (AvgIpc) is 2.92. The Labute approximate surface area is 120 Å². The minimum absolute atomic E-state index is 0.296. The van der Waals surface area contributed by atoms with Crippen LogP contribution in [0.4, 0.5) is 0 Å². The summed E-state index contributed by atoms with van der Waals surface area (Å²) >= 11 is 0. The van der Waals surface area contributed by atoms with E-state index in [0.29, 0.717) is 24.0 Å². The van der Waals surface area contributed by atoms with Crippen LogP contribution in [0.2, 0.25) is 0 Å². The van der Waals surface area contributed by atoms with E-state index in [9.17, 15) is 8.42 Å². The fourth-order valence-corrected chi connectivity index (χ4v) is 3.51. The molecular weight excluding hydrogens is 276 g/mol. The van der Waals surface area contributed by atoms with E-state index in [0.717, 1.165) is 30.8 Å². The van der Waals surface area contributed by atoms with Gasteiger partial charge in [0.05, 0.1) is 11.5 Å². The molecule has 1 unspecified atom stereocenters.